The third-order valence-corrected chi connectivity index (χ3v) is 4.26. The fourth-order valence-electron chi connectivity index (χ4n) is 2.38. The zero-order valence-electron chi connectivity index (χ0n) is 11.4. The fraction of sp³-hybridized carbons (Fsp3) is 0.600. The molecular formula is C15H21NO2S. The highest BCUT2D eigenvalue weighted by atomic mass is 32.1. The summed E-state index contributed by atoms with van der Waals surface area (Å²) in [5.74, 6) is 5.75. The molecule has 0 spiro atoms. The smallest absolute Gasteiger partial charge is 0.104 e. The van der Waals surface area contributed by atoms with Gasteiger partial charge >= 0.3 is 0 Å². The molecule has 104 valence electrons. The van der Waals surface area contributed by atoms with Gasteiger partial charge in [0.05, 0.1) is 6.10 Å². The van der Waals surface area contributed by atoms with E-state index in [1.807, 2.05) is 6.07 Å². The second-order valence-corrected chi connectivity index (χ2v) is 5.65. The Kier molecular flexibility index (Phi) is 5.87. The molecule has 1 saturated heterocycles. The second-order valence-electron chi connectivity index (χ2n) is 4.65. The third kappa shape index (κ3) is 4.32. The Labute approximate surface area is 119 Å². The first-order chi connectivity index (χ1) is 9.33. The van der Waals surface area contributed by atoms with Crippen LogP contribution in [0.25, 0.3) is 0 Å². The first kappa shape index (κ1) is 14.5. The quantitative estimate of drug-likeness (QED) is 0.857. The van der Waals surface area contributed by atoms with Crippen molar-refractivity contribution >= 4 is 11.3 Å². The Balaban J connectivity index is 1.87. The summed E-state index contributed by atoms with van der Waals surface area (Å²) in [5.41, 5.74) is 1.06. The van der Waals surface area contributed by atoms with Gasteiger partial charge in [0, 0.05) is 36.7 Å². The monoisotopic (exact) mass is 279 g/mol. The largest absolute Gasteiger partial charge is 0.384 e. The SMILES string of the molecule is CCOC1CCN(Cc2sccc2C#CCO)CC1. The summed E-state index contributed by atoms with van der Waals surface area (Å²) in [6, 6.07) is 2.04. The van der Waals surface area contributed by atoms with Crippen LogP contribution in [-0.4, -0.2) is 42.4 Å². The molecule has 1 aliphatic rings. The molecule has 2 rings (SSSR count). The number of aliphatic hydroxyl groups excluding tert-OH is 1. The number of aliphatic hydroxyl groups is 1. The van der Waals surface area contributed by atoms with Crippen LogP contribution in [0.15, 0.2) is 11.4 Å². The summed E-state index contributed by atoms with van der Waals surface area (Å²) in [6.07, 6.45) is 2.69. The molecule has 0 saturated carbocycles. The van der Waals surface area contributed by atoms with Gasteiger partial charge in [0.25, 0.3) is 0 Å². The van der Waals surface area contributed by atoms with Crippen molar-refractivity contribution in [2.75, 3.05) is 26.3 Å². The van der Waals surface area contributed by atoms with E-state index in [1.54, 1.807) is 11.3 Å². The molecule has 0 unspecified atom stereocenters. The van der Waals surface area contributed by atoms with Gasteiger partial charge in [-0.2, -0.15) is 0 Å². The summed E-state index contributed by atoms with van der Waals surface area (Å²) in [6.45, 7) is 5.95. The van der Waals surface area contributed by atoms with Crippen molar-refractivity contribution in [1.82, 2.24) is 4.90 Å². The Morgan fingerprint density at radius 2 is 2.26 bits per heavy atom. The van der Waals surface area contributed by atoms with Crippen LogP contribution in [0.5, 0.6) is 0 Å². The number of nitrogens with zero attached hydrogens (tertiary/aromatic N) is 1. The van der Waals surface area contributed by atoms with Crippen LogP contribution in [0, 0.1) is 11.8 Å². The van der Waals surface area contributed by atoms with E-state index in [-0.39, 0.29) is 6.61 Å². The number of piperidine rings is 1. The van der Waals surface area contributed by atoms with Crippen LogP contribution in [0.2, 0.25) is 0 Å². The van der Waals surface area contributed by atoms with Gasteiger partial charge in [-0.05, 0) is 31.2 Å². The maximum Gasteiger partial charge on any atom is 0.104 e. The van der Waals surface area contributed by atoms with E-state index >= 15 is 0 Å². The zero-order valence-corrected chi connectivity index (χ0v) is 12.2. The predicted octanol–water partition coefficient (Wildman–Crippen LogP) is 2.09. The Morgan fingerprint density at radius 1 is 1.47 bits per heavy atom. The van der Waals surface area contributed by atoms with Crippen molar-refractivity contribution in [3.05, 3.63) is 21.9 Å². The first-order valence-corrected chi connectivity index (χ1v) is 7.71. The molecule has 2 heterocycles. The van der Waals surface area contributed by atoms with Crippen molar-refractivity contribution in [2.24, 2.45) is 0 Å². The highest BCUT2D eigenvalue weighted by molar-refractivity contribution is 7.10. The second kappa shape index (κ2) is 7.66. The summed E-state index contributed by atoms with van der Waals surface area (Å²) in [5, 5.41) is 10.8. The fourth-order valence-corrected chi connectivity index (χ4v) is 3.25. The van der Waals surface area contributed by atoms with Crippen molar-refractivity contribution in [2.45, 2.75) is 32.4 Å². The van der Waals surface area contributed by atoms with E-state index in [9.17, 15) is 0 Å². The average molecular weight is 279 g/mol. The number of hydrogen-bond donors (Lipinski definition) is 1. The molecule has 0 atom stereocenters. The molecular weight excluding hydrogens is 258 g/mol. The van der Waals surface area contributed by atoms with Crippen molar-refractivity contribution in [1.29, 1.82) is 0 Å². The summed E-state index contributed by atoms with van der Waals surface area (Å²) in [7, 11) is 0. The summed E-state index contributed by atoms with van der Waals surface area (Å²) < 4.78 is 5.67. The zero-order chi connectivity index (χ0) is 13.5. The molecule has 0 bridgehead atoms. The molecule has 0 radical (unpaired) electrons. The number of rotatable bonds is 4. The third-order valence-electron chi connectivity index (χ3n) is 3.35. The van der Waals surface area contributed by atoms with Crippen molar-refractivity contribution in [3.8, 4) is 11.8 Å². The van der Waals surface area contributed by atoms with Gasteiger partial charge in [-0.3, -0.25) is 4.90 Å². The molecule has 1 N–H and O–H groups in total. The number of thiophene rings is 1. The molecule has 0 amide bonds. The molecule has 0 aromatic carbocycles. The van der Waals surface area contributed by atoms with Crippen molar-refractivity contribution < 1.29 is 9.84 Å². The number of ether oxygens (including phenoxy) is 1. The van der Waals surface area contributed by atoms with Gasteiger partial charge < -0.3 is 9.84 Å². The molecule has 1 aromatic rings. The van der Waals surface area contributed by atoms with Gasteiger partial charge in [0.1, 0.15) is 6.61 Å². The topological polar surface area (TPSA) is 32.7 Å². The van der Waals surface area contributed by atoms with Crippen LogP contribution in [0.3, 0.4) is 0 Å². The first-order valence-electron chi connectivity index (χ1n) is 6.83. The van der Waals surface area contributed by atoms with Gasteiger partial charge in [0.15, 0.2) is 0 Å². The van der Waals surface area contributed by atoms with E-state index < -0.39 is 0 Å². The van der Waals surface area contributed by atoms with E-state index in [0.29, 0.717) is 6.10 Å². The molecule has 1 aliphatic heterocycles. The maximum absolute atomic E-state index is 8.76. The minimum absolute atomic E-state index is 0.0744. The molecule has 3 nitrogen and oxygen atoms in total. The lowest BCUT2D eigenvalue weighted by atomic mass is 10.1. The van der Waals surface area contributed by atoms with Gasteiger partial charge in [-0.1, -0.05) is 11.8 Å². The highest BCUT2D eigenvalue weighted by Gasteiger charge is 2.20. The van der Waals surface area contributed by atoms with Crippen molar-refractivity contribution in [3.63, 3.8) is 0 Å². The van der Waals surface area contributed by atoms with Gasteiger partial charge in [-0.25, -0.2) is 0 Å². The Morgan fingerprint density at radius 3 is 2.95 bits per heavy atom. The standard InChI is InChI=1S/C15H21NO2S/c1-2-18-14-5-8-16(9-6-14)12-15-13(4-3-10-17)7-11-19-15/h7,11,14,17H,2,5-6,8-10,12H2,1H3. The van der Waals surface area contributed by atoms with E-state index in [2.05, 4.69) is 29.0 Å². The van der Waals surface area contributed by atoms with Crippen LogP contribution in [-0.2, 0) is 11.3 Å². The number of likely N-dealkylation sites (tertiary alicyclic amines) is 1. The average Bonchev–Trinajstić information content (AvgIpc) is 2.86. The summed E-state index contributed by atoms with van der Waals surface area (Å²) >= 11 is 1.75. The number of hydrogen-bond acceptors (Lipinski definition) is 4. The van der Waals surface area contributed by atoms with E-state index in [1.165, 1.54) is 4.88 Å². The Hall–Kier alpha value is -0.860. The molecule has 19 heavy (non-hydrogen) atoms. The normalized spacial score (nSPS) is 17.2. The maximum atomic E-state index is 8.76. The molecule has 1 fully saturated rings. The molecule has 4 heteroatoms. The Bertz CT molecular complexity index is 438. The summed E-state index contributed by atoms with van der Waals surface area (Å²) in [4.78, 5) is 3.77. The van der Waals surface area contributed by atoms with Crippen LogP contribution in [0.4, 0.5) is 0 Å². The van der Waals surface area contributed by atoms with Gasteiger partial charge in [-0.15, -0.1) is 11.3 Å². The van der Waals surface area contributed by atoms with E-state index in [0.717, 1.165) is 44.6 Å². The minimum atomic E-state index is -0.0744. The van der Waals surface area contributed by atoms with Crippen LogP contribution >= 0.6 is 11.3 Å². The molecule has 1 aromatic heterocycles. The predicted molar refractivity (Wildman–Crippen MR) is 78.2 cm³/mol. The molecule has 0 aliphatic carbocycles. The van der Waals surface area contributed by atoms with E-state index in [4.69, 9.17) is 9.84 Å². The lowest BCUT2D eigenvalue weighted by molar-refractivity contribution is 0.0127. The van der Waals surface area contributed by atoms with Crippen LogP contribution in [0.1, 0.15) is 30.2 Å². The lowest BCUT2D eigenvalue weighted by Crippen LogP contribution is -2.36. The highest BCUT2D eigenvalue weighted by Crippen LogP contribution is 2.21. The lowest BCUT2D eigenvalue weighted by Gasteiger charge is -2.31. The minimum Gasteiger partial charge on any atom is -0.384 e. The van der Waals surface area contributed by atoms with Gasteiger partial charge in [0.2, 0.25) is 0 Å². The van der Waals surface area contributed by atoms with Crippen LogP contribution < -0.4 is 0 Å².